The molecule has 1 aliphatic heterocycles. The summed E-state index contributed by atoms with van der Waals surface area (Å²) in [6.07, 6.45) is -4.27. The summed E-state index contributed by atoms with van der Waals surface area (Å²) in [4.78, 5) is -0.481. The molecule has 1 aromatic rings. The molecule has 1 aromatic carbocycles. The molecule has 0 radical (unpaired) electrons. The molecule has 21 heavy (non-hydrogen) atoms. The molecule has 4 nitrogen and oxygen atoms in total. The van der Waals surface area contributed by atoms with Gasteiger partial charge in [0.1, 0.15) is 5.82 Å². The van der Waals surface area contributed by atoms with E-state index in [0.717, 1.165) is 10.4 Å². The average molecular weight is 326 g/mol. The molecule has 0 bridgehead atoms. The average Bonchev–Trinajstić information content (AvgIpc) is 2.86. The van der Waals surface area contributed by atoms with E-state index < -0.39 is 32.5 Å². The monoisotopic (exact) mass is 326 g/mol. The number of benzene rings is 1. The van der Waals surface area contributed by atoms with E-state index >= 15 is 0 Å². The van der Waals surface area contributed by atoms with Crippen LogP contribution >= 0.6 is 0 Å². The number of rotatable bonds is 3. The maximum Gasteiger partial charge on any atom is 0.419 e. The molecule has 9 heteroatoms. The molecule has 2 N–H and O–H groups in total. The van der Waals surface area contributed by atoms with Crippen LogP contribution in [0.25, 0.3) is 0 Å². The molecule has 1 heterocycles. The van der Waals surface area contributed by atoms with Crippen molar-refractivity contribution in [2.75, 3.05) is 19.6 Å². The first kappa shape index (κ1) is 16.2. The zero-order chi connectivity index (χ0) is 15.8. The molecule has 0 saturated carbocycles. The maximum absolute atomic E-state index is 13.5. The van der Waals surface area contributed by atoms with Crippen LogP contribution in [0.15, 0.2) is 23.1 Å². The normalized spacial score (nSPS) is 20.9. The molecule has 118 valence electrons. The van der Waals surface area contributed by atoms with Crippen LogP contribution < -0.4 is 5.73 Å². The highest BCUT2D eigenvalue weighted by Gasteiger charge is 2.36. The highest BCUT2D eigenvalue weighted by Crippen LogP contribution is 2.33. The third-order valence-electron chi connectivity index (χ3n) is 3.47. The number of alkyl halides is 3. The van der Waals surface area contributed by atoms with Crippen LogP contribution in [-0.4, -0.2) is 32.4 Å². The van der Waals surface area contributed by atoms with Crippen molar-refractivity contribution < 1.29 is 26.0 Å². The Hall–Kier alpha value is -1.19. The lowest BCUT2D eigenvalue weighted by atomic mass is 10.1. The second-order valence-electron chi connectivity index (χ2n) is 4.89. The number of nitrogens with two attached hydrogens (primary N) is 1. The van der Waals surface area contributed by atoms with Crippen LogP contribution in [0, 0.1) is 11.7 Å². The molecule has 1 atom stereocenters. The summed E-state index contributed by atoms with van der Waals surface area (Å²) in [6, 6.07) is 1.63. The van der Waals surface area contributed by atoms with Gasteiger partial charge in [0.2, 0.25) is 10.0 Å². The summed E-state index contributed by atoms with van der Waals surface area (Å²) in [5.74, 6) is -1.59. The van der Waals surface area contributed by atoms with Gasteiger partial charge in [0, 0.05) is 13.1 Å². The fraction of sp³-hybridized carbons (Fsp3) is 0.500. The fourth-order valence-electron chi connectivity index (χ4n) is 2.24. The first-order valence-corrected chi connectivity index (χ1v) is 7.67. The van der Waals surface area contributed by atoms with Gasteiger partial charge in [0.25, 0.3) is 0 Å². The van der Waals surface area contributed by atoms with E-state index in [1.54, 1.807) is 0 Å². The Morgan fingerprint density at radius 2 is 2.00 bits per heavy atom. The number of hydrogen-bond donors (Lipinski definition) is 1. The van der Waals surface area contributed by atoms with E-state index in [0.29, 0.717) is 25.1 Å². The van der Waals surface area contributed by atoms with Crippen LogP contribution in [0.1, 0.15) is 12.0 Å². The van der Waals surface area contributed by atoms with Crippen LogP contribution in [0.4, 0.5) is 17.6 Å². The molecular weight excluding hydrogens is 312 g/mol. The van der Waals surface area contributed by atoms with Crippen molar-refractivity contribution >= 4 is 10.0 Å². The summed E-state index contributed by atoms with van der Waals surface area (Å²) >= 11 is 0. The topological polar surface area (TPSA) is 63.4 Å². The smallest absolute Gasteiger partial charge is 0.330 e. The van der Waals surface area contributed by atoms with Gasteiger partial charge in [-0.1, -0.05) is 0 Å². The molecule has 2 rings (SSSR count). The molecule has 0 amide bonds. The molecule has 0 aromatic heterocycles. The van der Waals surface area contributed by atoms with Crippen molar-refractivity contribution in [2.24, 2.45) is 11.7 Å². The largest absolute Gasteiger partial charge is 0.419 e. The van der Waals surface area contributed by atoms with Gasteiger partial charge >= 0.3 is 6.18 Å². The highest BCUT2D eigenvalue weighted by atomic mass is 32.2. The molecule has 1 aliphatic rings. The summed E-state index contributed by atoms with van der Waals surface area (Å²) in [5.41, 5.74) is 3.98. The summed E-state index contributed by atoms with van der Waals surface area (Å²) in [7, 11) is -4.00. The number of nitrogens with zero attached hydrogens (tertiary/aromatic N) is 1. The molecule has 0 spiro atoms. The lowest BCUT2D eigenvalue weighted by molar-refractivity contribution is -0.140. The second kappa shape index (κ2) is 5.54. The minimum atomic E-state index is -4.86. The lowest BCUT2D eigenvalue weighted by Gasteiger charge is -2.17. The highest BCUT2D eigenvalue weighted by molar-refractivity contribution is 7.89. The number of hydrogen-bond acceptors (Lipinski definition) is 3. The minimum Gasteiger partial charge on any atom is -0.330 e. The summed E-state index contributed by atoms with van der Waals surface area (Å²) < 4.78 is 76.5. The maximum atomic E-state index is 13.5. The van der Waals surface area contributed by atoms with Gasteiger partial charge in [-0.25, -0.2) is 12.8 Å². The van der Waals surface area contributed by atoms with Gasteiger partial charge in [-0.15, -0.1) is 0 Å². The quantitative estimate of drug-likeness (QED) is 0.862. The Bertz CT molecular complexity index is 631. The third-order valence-corrected chi connectivity index (χ3v) is 5.33. The van der Waals surface area contributed by atoms with E-state index in [1.807, 2.05) is 0 Å². The van der Waals surface area contributed by atoms with Gasteiger partial charge in [-0.3, -0.25) is 0 Å². The lowest BCUT2D eigenvalue weighted by Crippen LogP contribution is -2.30. The molecule has 1 fully saturated rings. The summed E-state index contributed by atoms with van der Waals surface area (Å²) in [6.45, 7) is 0.752. The van der Waals surface area contributed by atoms with Crippen LogP contribution in [0.5, 0.6) is 0 Å². The Labute approximate surface area is 119 Å². The Balaban J connectivity index is 2.32. The van der Waals surface area contributed by atoms with E-state index in [4.69, 9.17) is 5.73 Å². The van der Waals surface area contributed by atoms with Crippen LogP contribution in [0.3, 0.4) is 0 Å². The van der Waals surface area contributed by atoms with Gasteiger partial charge in [-0.05, 0) is 37.1 Å². The van der Waals surface area contributed by atoms with Crippen molar-refractivity contribution in [3.63, 3.8) is 0 Å². The SMILES string of the molecule is NCC1CCN(S(=O)(=O)c2ccc(C(F)(F)F)c(F)c2)C1. The first-order valence-electron chi connectivity index (χ1n) is 6.23. The Morgan fingerprint density at radius 3 is 2.48 bits per heavy atom. The van der Waals surface area contributed by atoms with Gasteiger partial charge < -0.3 is 5.73 Å². The predicted molar refractivity (Wildman–Crippen MR) is 67.3 cm³/mol. The Kier molecular flexibility index (Phi) is 4.27. The zero-order valence-corrected chi connectivity index (χ0v) is 11.7. The molecule has 0 aliphatic carbocycles. The standard InChI is InChI=1S/C12H14F4N2O2S/c13-11-5-9(1-2-10(11)12(14,15)16)21(19,20)18-4-3-8(6-17)7-18/h1-2,5,8H,3-4,6-7,17H2. The van der Waals surface area contributed by atoms with Crippen molar-refractivity contribution in [2.45, 2.75) is 17.5 Å². The number of halogens is 4. The second-order valence-corrected chi connectivity index (χ2v) is 6.83. The van der Waals surface area contributed by atoms with Crippen molar-refractivity contribution in [1.29, 1.82) is 0 Å². The third kappa shape index (κ3) is 3.19. The van der Waals surface area contributed by atoms with Gasteiger partial charge in [0.05, 0.1) is 10.5 Å². The molecule has 1 saturated heterocycles. The van der Waals surface area contributed by atoms with Crippen molar-refractivity contribution in [3.8, 4) is 0 Å². The van der Waals surface area contributed by atoms with Crippen LogP contribution in [0.2, 0.25) is 0 Å². The minimum absolute atomic E-state index is 0.0130. The van der Waals surface area contributed by atoms with Gasteiger partial charge in [-0.2, -0.15) is 17.5 Å². The van der Waals surface area contributed by atoms with Gasteiger partial charge in [0.15, 0.2) is 0 Å². The van der Waals surface area contributed by atoms with Crippen LogP contribution in [-0.2, 0) is 16.2 Å². The van der Waals surface area contributed by atoms with E-state index in [-0.39, 0.29) is 19.0 Å². The fourth-order valence-corrected chi connectivity index (χ4v) is 3.79. The number of sulfonamides is 1. The van der Waals surface area contributed by atoms with E-state index in [2.05, 4.69) is 0 Å². The van der Waals surface area contributed by atoms with E-state index in [9.17, 15) is 26.0 Å². The zero-order valence-electron chi connectivity index (χ0n) is 10.9. The summed E-state index contributed by atoms with van der Waals surface area (Å²) in [5, 5.41) is 0. The molecule has 1 unspecified atom stereocenters. The first-order chi connectivity index (χ1) is 9.66. The molecular formula is C12H14F4N2O2S. The van der Waals surface area contributed by atoms with Crippen molar-refractivity contribution in [3.05, 3.63) is 29.6 Å². The predicted octanol–water partition coefficient (Wildman–Crippen LogP) is 1.81. The Morgan fingerprint density at radius 1 is 1.33 bits per heavy atom. The van der Waals surface area contributed by atoms with E-state index in [1.165, 1.54) is 0 Å². The van der Waals surface area contributed by atoms with Crippen molar-refractivity contribution in [1.82, 2.24) is 4.31 Å².